The van der Waals surface area contributed by atoms with Gasteiger partial charge in [0, 0.05) is 0 Å². The number of carbonyl (C=O) groups is 1. The van der Waals surface area contributed by atoms with E-state index in [9.17, 15) is 9.90 Å². The van der Waals surface area contributed by atoms with Crippen LogP contribution in [0.3, 0.4) is 0 Å². The Hall–Kier alpha value is 0.210. The number of aliphatic carboxylic acids is 1. The van der Waals surface area contributed by atoms with E-state index in [1.807, 2.05) is 0 Å². The van der Waals surface area contributed by atoms with Crippen molar-refractivity contribution in [3.8, 4) is 0 Å². The third kappa shape index (κ3) is 20.7. The molecule has 0 amide bonds. The Labute approximate surface area is 141 Å². The Balaban J connectivity index is 0. The second kappa shape index (κ2) is 18.2. The van der Waals surface area contributed by atoms with Gasteiger partial charge in [-0.15, -0.1) is 0 Å². The molecule has 0 spiro atoms. The van der Waals surface area contributed by atoms with Crippen molar-refractivity contribution in [1.82, 2.24) is 0 Å². The predicted octanol–water partition coefficient (Wildman–Crippen LogP) is 0.998. The minimum absolute atomic E-state index is 0. The average molecular weight is 276 g/mol. The Morgan fingerprint density at radius 1 is 0.842 bits per heavy atom. The summed E-state index contributed by atoms with van der Waals surface area (Å²) in [5, 5.41) is 10.1. The first-order valence-electron chi connectivity index (χ1n) is 7.65. The van der Waals surface area contributed by atoms with Crippen LogP contribution in [0.25, 0.3) is 0 Å². The number of carboxylic acids is 1. The van der Waals surface area contributed by atoms with Crippen molar-refractivity contribution in [1.29, 1.82) is 0 Å². The number of hydrogen-bond acceptors (Lipinski definition) is 2. The zero-order valence-electron chi connectivity index (χ0n) is 13.0. The molecule has 0 aromatic rings. The van der Waals surface area contributed by atoms with Crippen molar-refractivity contribution < 1.29 is 39.5 Å². The van der Waals surface area contributed by atoms with Gasteiger partial charge in [0.1, 0.15) is 0 Å². The van der Waals surface area contributed by atoms with Crippen molar-refractivity contribution in [2.45, 2.75) is 84.0 Å². The van der Waals surface area contributed by atoms with Crippen molar-refractivity contribution >= 4 is 5.97 Å². The van der Waals surface area contributed by atoms with Gasteiger partial charge in [-0.05, 0) is 18.9 Å². The van der Waals surface area contributed by atoms with E-state index >= 15 is 0 Å². The molecule has 0 saturated heterocycles. The van der Waals surface area contributed by atoms with E-state index in [1.165, 1.54) is 64.2 Å². The summed E-state index contributed by atoms with van der Waals surface area (Å²) in [5.41, 5.74) is 0. The predicted molar refractivity (Wildman–Crippen MR) is 75.2 cm³/mol. The van der Waals surface area contributed by atoms with Gasteiger partial charge in [-0.1, -0.05) is 77.2 Å². The molecular weight excluding hydrogens is 247 g/mol. The molecule has 0 rings (SSSR count). The number of carbonyl (C=O) groups excluding carboxylic acids is 1. The maximum Gasteiger partial charge on any atom is 1.00 e. The molecular formula is C16H29NaO2. The smallest absolute Gasteiger partial charge is 0.545 e. The standard InChI is InChI=1S/C16H30O2.Na/c1-2-3-4-5-6-7-8-9-10-11-12-13-14-15-16(17)18;/h14-15H,2-13H2,1H3,(H,17,18);/q;+1/p-1. The summed E-state index contributed by atoms with van der Waals surface area (Å²) < 4.78 is 0. The summed E-state index contributed by atoms with van der Waals surface area (Å²) in [5.74, 6) is -1.09. The van der Waals surface area contributed by atoms with E-state index in [4.69, 9.17) is 0 Å². The Morgan fingerprint density at radius 3 is 1.68 bits per heavy atom. The molecule has 0 aliphatic carbocycles. The fraction of sp³-hybridized carbons (Fsp3) is 0.812. The number of unbranched alkanes of at least 4 members (excludes halogenated alkanes) is 11. The number of carboxylic acid groups (broad SMARTS) is 1. The summed E-state index contributed by atoms with van der Waals surface area (Å²) >= 11 is 0. The van der Waals surface area contributed by atoms with Crippen LogP contribution < -0.4 is 34.7 Å². The minimum atomic E-state index is -1.09. The second-order valence-corrected chi connectivity index (χ2v) is 5.05. The van der Waals surface area contributed by atoms with Gasteiger partial charge in [0.15, 0.2) is 0 Å². The SMILES string of the molecule is CCCCCCCCCCCCCC=CC(=O)[O-].[Na+]. The van der Waals surface area contributed by atoms with E-state index in [0.29, 0.717) is 0 Å². The molecule has 0 aliphatic rings. The minimum Gasteiger partial charge on any atom is -0.545 e. The van der Waals surface area contributed by atoms with Crippen LogP contribution in [0.1, 0.15) is 84.0 Å². The molecule has 0 unspecified atom stereocenters. The van der Waals surface area contributed by atoms with Gasteiger partial charge in [-0.25, -0.2) is 0 Å². The molecule has 0 aliphatic heterocycles. The van der Waals surface area contributed by atoms with Gasteiger partial charge in [0.05, 0.1) is 5.97 Å². The maximum absolute atomic E-state index is 10.1. The van der Waals surface area contributed by atoms with Gasteiger partial charge in [-0.2, -0.15) is 0 Å². The van der Waals surface area contributed by atoms with Crippen LogP contribution >= 0.6 is 0 Å². The van der Waals surface area contributed by atoms with Gasteiger partial charge >= 0.3 is 29.6 Å². The van der Waals surface area contributed by atoms with Gasteiger partial charge in [-0.3, -0.25) is 0 Å². The first-order valence-corrected chi connectivity index (χ1v) is 7.65. The van der Waals surface area contributed by atoms with E-state index in [0.717, 1.165) is 18.9 Å². The van der Waals surface area contributed by atoms with Crippen LogP contribution in [0.2, 0.25) is 0 Å². The quantitative estimate of drug-likeness (QED) is 0.286. The van der Waals surface area contributed by atoms with Crippen molar-refractivity contribution in [3.63, 3.8) is 0 Å². The Kier molecular flexibility index (Phi) is 20.6. The summed E-state index contributed by atoms with van der Waals surface area (Å²) in [7, 11) is 0. The van der Waals surface area contributed by atoms with E-state index in [2.05, 4.69) is 6.92 Å². The van der Waals surface area contributed by atoms with Crippen LogP contribution in [0, 0.1) is 0 Å². The Bertz CT molecular complexity index is 215. The third-order valence-corrected chi connectivity index (χ3v) is 3.23. The van der Waals surface area contributed by atoms with Crippen LogP contribution in [-0.4, -0.2) is 5.97 Å². The zero-order valence-corrected chi connectivity index (χ0v) is 15.0. The van der Waals surface area contributed by atoms with Crippen LogP contribution in [0.4, 0.5) is 0 Å². The summed E-state index contributed by atoms with van der Waals surface area (Å²) in [6, 6.07) is 0. The van der Waals surface area contributed by atoms with E-state index in [-0.39, 0.29) is 29.6 Å². The van der Waals surface area contributed by atoms with Crippen LogP contribution in [-0.2, 0) is 4.79 Å². The monoisotopic (exact) mass is 276 g/mol. The normalized spacial score (nSPS) is 10.6. The molecule has 0 atom stereocenters. The number of rotatable bonds is 13. The first-order chi connectivity index (χ1) is 8.77. The molecule has 106 valence electrons. The molecule has 2 nitrogen and oxygen atoms in total. The second-order valence-electron chi connectivity index (χ2n) is 5.05. The molecule has 0 bridgehead atoms. The average Bonchev–Trinajstić information content (AvgIpc) is 2.34. The summed E-state index contributed by atoms with van der Waals surface area (Å²) in [6.45, 7) is 2.25. The molecule has 0 saturated carbocycles. The number of allylic oxidation sites excluding steroid dienone is 1. The van der Waals surface area contributed by atoms with E-state index < -0.39 is 5.97 Å². The fourth-order valence-electron chi connectivity index (χ4n) is 2.11. The summed E-state index contributed by atoms with van der Waals surface area (Å²) in [4.78, 5) is 10.1. The largest absolute Gasteiger partial charge is 1.00 e. The molecule has 3 heteroatoms. The van der Waals surface area contributed by atoms with Crippen molar-refractivity contribution in [2.24, 2.45) is 0 Å². The van der Waals surface area contributed by atoms with Crippen molar-refractivity contribution in [2.75, 3.05) is 0 Å². The third-order valence-electron chi connectivity index (χ3n) is 3.23. The van der Waals surface area contributed by atoms with E-state index in [1.54, 1.807) is 6.08 Å². The molecule has 0 fully saturated rings. The van der Waals surface area contributed by atoms with Crippen LogP contribution in [0.5, 0.6) is 0 Å². The molecule has 0 radical (unpaired) electrons. The molecule has 0 N–H and O–H groups in total. The molecule has 0 aromatic heterocycles. The maximum atomic E-state index is 10.1. The van der Waals surface area contributed by atoms with Gasteiger partial charge in [0.25, 0.3) is 0 Å². The molecule has 0 aromatic carbocycles. The van der Waals surface area contributed by atoms with Gasteiger partial charge < -0.3 is 9.90 Å². The topological polar surface area (TPSA) is 40.1 Å². The zero-order chi connectivity index (χ0) is 13.5. The molecule has 0 heterocycles. The van der Waals surface area contributed by atoms with Crippen molar-refractivity contribution in [3.05, 3.63) is 12.2 Å². The van der Waals surface area contributed by atoms with Crippen LogP contribution in [0.15, 0.2) is 12.2 Å². The fourth-order valence-corrected chi connectivity index (χ4v) is 2.11. The number of hydrogen-bond donors (Lipinski definition) is 0. The first kappa shape index (κ1) is 21.5. The summed E-state index contributed by atoms with van der Waals surface area (Å²) in [6.07, 6.45) is 18.3. The Morgan fingerprint density at radius 2 is 1.26 bits per heavy atom. The molecule has 19 heavy (non-hydrogen) atoms. The van der Waals surface area contributed by atoms with Gasteiger partial charge in [0.2, 0.25) is 0 Å².